The first-order valence-corrected chi connectivity index (χ1v) is 10.6. The molecule has 3 heterocycles. The van der Waals surface area contributed by atoms with E-state index in [1.165, 1.54) is 0 Å². The predicted molar refractivity (Wildman–Crippen MR) is 110 cm³/mol. The fourth-order valence-electron chi connectivity index (χ4n) is 3.79. The largest absolute Gasteiger partial charge is 0.480 e. The van der Waals surface area contributed by atoms with Crippen LogP contribution in [-0.2, 0) is 25.6 Å². The second-order valence-electron chi connectivity index (χ2n) is 8.08. The SMILES string of the molecule is O=C(Cc1cccc2cccnc12)[C@@H]1CCN1C(=O)C(F)(F)F.O=C(O)[C@@H]1CCN1C(=O)C(F)(F)F. The molecule has 1 N–H and O–H groups in total. The predicted octanol–water partition coefficient (Wildman–Crippen LogP) is 2.74. The molecule has 2 fully saturated rings. The van der Waals surface area contributed by atoms with E-state index in [0.29, 0.717) is 20.9 Å². The fraction of sp³-hybridized carbons (Fsp3) is 0.409. The summed E-state index contributed by atoms with van der Waals surface area (Å²) in [5.41, 5.74) is 1.30. The summed E-state index contributed by atoms with van der Waals surface area (Å²) in [6.45, 7) is -0.183. The number of aromatic nitrogens is 1. The zero-order valence-corrected chi connectivity index (χ0v) is 18.3. The number of aliphatic carboxylic acids is 1. The number of para-hydroxylation sites is 1. The molecule has 0 bridgehead atoms. The molecule has 2 saturated heterocycles. The molecule has 0 unspecified atom stereocenters. The normalized spacial score (nSPS) is 19.5. The van der Waals surface area contributed by atoms with E-state index < -0.39 is 48.0 Å². The van der Waals surface area contributed by atoms with Crippen LogP contribution in [0.1, 0.15) is 18.4 Å². The van der Waals surface area contributed by atoms with Crippen molar-refractivity contribution in [2.75, 3.05) is 13.1 Å². The molecule has 2 atom stereocenters. The van der Waals surface area contributed by atoms with Crippen LogP contribution in [0.4, 0.5) is 26.3 Å². The standard InChI is InChI=1S/C16H13F3N2O2.C6H6F3NO3/c17-16(18,19)15(23)21-8-6-12(21)13(22)9-11-4-1-3-10-5-2-7-20-14(10)11;7-6(8,9)5(13)10-2-1-3(10)4(11)12/h1-5,7,12H,6,8-9H2;3H,1-2H2,(H,11,12)/t12-;3-/m00/s1. The summed E-state index contributed by atoms with van der Waals surface area (Å²) >= 11 is 0. The molecule has 1 aromatic carbocycles. The first-order chi connectivity index (χ1) is 16.7. The van der Waals surface area contributed by atoms with Crippen LogP contribution in [-0.4, -0.2) is 81.0 Å². The van der Waals surface area contributed by atoms with Gasteiger partial charge in [-0.25, -0.2) is 4.79 Å². The van der Waals surface area contributed by atoms with Gasteiger partial charge >= 0.3 is 30.1 Å². The van der Waals surface area contributed by atoms with Gasteiger partial charge < -0.3 is 14.9 Å². The van der Waals surface area contributed by atoms with E-state index in [2.05, 4.69) is 4.98 Å². The number of carbonyl (C=O) groups excluding carboxylic acids is 3. The number of hydrogen-bond acceptors (Lipinski definition) is 5. The van der Waals surface area contributed by atoms with Crippen LogP contribution in [0.3, 0.4) is 0 Å². The van der Waals surface area contributed by atoms with Crippen molar-refractivity contribution in [1.29, 1.82) is 0 Å². The maximum atomic E-state index is 12.5. The van der Waals surface area contributed by atoms with Crippen LogP contribution in [0, 0.1) is 0 Å². The Hall–Kier alpha value is -3.71. The molecule has 0 radical (unpaired) electrons. The average molecular weight is 519 g/mol. The van der Waals surface area contributed by atoms with Gasteiger partial charge in [-0.1, -0.05) is 24.3 Å². The lowest BCUT2D eigenvalue weighted by Gasteiger charge is -2.40. The van der Waals surface area contributed by atoms with Gasteiger partial charge in [0.1, 0.15) is 6.04 Å². The summed E-state index contributed by atoms with van der Waals surface area (Å²) in [4.78, 5) is 49.4. The number of carboxylic acids is 1. The molecule has 0 saturated carbocycles. The number of ketones is 1. The van der Waals surface area contributed by atoms with Crippen molar-refractivity contribution >= 4 is 34.5 Å². The molecule has 194 valence electrons. The molecule has 8 nitrogen and oxygen atoms in total. The van der Waals surface area contributed by atoms with Gasteiger partial charge in [0.25, 0.3) is 0 Å². The number of alkyl halides is 6. The zero-order chi connectivity index (χ0) is 26.8. The van der Waals surface area contributed by atoms with E-state index in [9.17, 15) is 45.5 Å². The minimum Gasteiger partial charge on any atom is -0.480 e. The number of rotatable bonds is 4. The van der Waals surface area contributed by atoms with Gasteiger partial charge in [-0.05, 0) is 24.5 Å². The van der Waals surface area contributed by atoms with Gasteiger partial charge in [-0.2, -0.15) is 26.3 Å². The summed E-state index contributed by atoms with van der Waals surface area (Å²) < 4.78 is 72.8. The Morgan fingerprint density at radius 3 is 1.86 bits per heavy atom. The van der Waals surface area contributed by atoms with Crippen molar-refractivity contribution in [2.24, 2.45) is 0 Å². The van der Waals surface area contributed by atoms with Crippen molar-refractivity contribution < 1.29 is 50.6 Å². The Labute approximate surface area is 199 Å². The first-order valence-electron chi connectivity index (χ1n) is 10.6. The van der Waals surface area contributed by atoms with Crippen molar-refractivity contribution in [3.8, 4) is 0 Å². The van der Waals surface area contributed by atoms with E-state index in [1.54, 1.807) is 24.4 Å². The Morgan fingerprint density at radius 2 is 1.39 bits per heavy atom. The van der Waals surface area contributed by atoms with Gasteiger partial charge in [0.2, 0.25) is 0 Å². The highest BCUT2D eigenvalue weighted by molar-refractivity contribution is 5.95. The number of amides is 2. The highest BCUT2D eigenvalue weighted by atomic mass is 19.4. The monoisotopic (exact) mass is 519 g/mol. The lowest BCUT2D eigenvalue weighted by molar-refractivity contribution is -0.195. The Kier molecular flexibility index (Phi) is 7.55. The smallest absolute Gasteiger partial charge is 0.471 e. The summed E-state index contributed by atoms with van der Waals surface area (Å²) in [7, 11) is 0. The number of hydrogen-bond donors (Lipinski definition) is 1. The highest BCUT2D eigenvalue weighted by Crippen LogP contribution is 2.28. The third-order valence-corrected chi connectivity index (χ3v) is 5.78. The van der Waals surface area contributed by atoms with Crippen molar-refractivity contribution in [3.05, 3.63) is 42.1 Å². The van der Waals surface area contributed by atoms with E-state index in [4.69, 9.17) is 5.11 Å². The number of nitrogens with zero attached hydrogens (tertiary/aromatic N) is 3. The number of carbonyl (C=O) groups is 4. The molecule has 2 aliphatic rings. The van der Waals surface area contributed by atoms with E-state index in [0.717, 1.165) is 5.39 Å². The lowest BCUT2D eigenvalue weighted by Crippen LogP contribution is -2.59. The Morgan fingerprint density at radius 1 is 0.861 bits per heavy atom. The number of benzene rings is 1. The van der Waals surface area contributed by atoms with Crippen molar-refractivity contribution in [1.82, 2.24) is 14.8 Å². The Balaban J connectivity index is 0.000000236. The molecular formula is C22H19F6N3O5. The molecule has 2 amide bonds. The van der Waals surface area contributed by atoms with Crippen LogP contribution >= 0.6 is 0 Å². The van der Waals surface area contributed by atoms with Gasteiger partial charge in [0.05, 0.1) is 11.6 Å². The zero-order valence-electron chi connectivity index (χ0n) is 18.3. The highest BCUT2D eigenvalue weighted by Gasteiger charge is 2.50. The maximum Gasteiger partial charge on any atom is 0.471 e. The van der Waals surface area contributed by atoms with Crippen LogP contribution in [0.5, 0.6) is 0 Å². The van der Waals surface area contributed by atoms with E-state index >= 15 is 0 Å². The van der Waals surface area contributed by atoms with Gasteiger partial charge in [0.15, 0.2) is 5.78 Å². The topological polar surface area (TPSA) is 108 Å². The maximum absolute atomic E-state index is 12.5. The molecule has 2 aromatic rings. The molecule has 4 rings (SSSR count). The third-order valence-electron chi connectivity index (χ3n) is 5.78. The first kappa shape index (κ1) is 26.9. The molecular weight excluding hydrogens is 500 g/mol. The molecule has 0 aliphatic carbocycles. The number of halogens is 6. The van der Waals surface area contributed by atoms with E-state index in [1.807, 2.05) is 12.1 Å². The summed E-state index contributed by atoms with van der Waals surface area (Å²) in [6.07, 6.45) is -8.02. The second kappa shape index (κ2) is 10.1. The van der Waals surface area contributed by atoms with Gasteiger partial charge in [-0.3, -0.25) is 19.4 Å². The minimum absolute atomic E-state index is 0.0391. The third kappa shape index (κ3) is 5.74. The van der Waals surface area contributed by atoms with Crippen molar-refractivity contribution in [2.45, 2.75) is 43.7 Å². The second-order valence-corrected chi connectivity index (χ2v) is 8.08. The lowest BCUT2D eigenvalue weighted by atomic mass is 9.93. The molecule has 1 aromatic heterocycles. The number of Topliss-reactive ketones (excluding diaryl/α,β-unsaturated/α-hetero) is 1. The van der Waals surface area contributed by atoms with E-state index in [-0.39, 0.29) is 32.4 Å². The molecule has 0 spiro atoms. The number of pyridine rings is 1. The van der Waals surface area contributed by atoms with Crippen LogP contribution in [0.25, 0.3) is 10.9 Å². The summed E-state index contributed by atoms with van der Waals surface area (Å²) in [5.74, 6) is -5.82. The van der Waals surface area contributed by atoms with Crippen LogP contribution in [0.2, 0.25) is 0 Å². The molecule has 14 heteroatoms. The Bertz CT molecular complexity index is 1180. The fourth-order valence-corrected chi connectivity index (χ4v) is 3.79. The number of likely N-dealkylation sites (tertiary alicyclic amines) is 2. The summed E-state index contributed by atoms with van der Waals surface area (Å²) in [5, 5.41) is 9.21. The van der Waals surface area contributed by atoms with Crippen molar-refractivity contribution in [3.63, 3.8) is 0 Å². The minimum atomic E-state index is -4.98. The van der Waals surface area contributed by atoms with Gasteiger partial charge in [-0.15, -0.1) is 0 Å². The van der Waals surface area contributed by atoms with Crippen LogP contribution in [0.15, 0.2) is 36.5 Å². The molecule has 36 heavy (non-hydrogen) atoms. The number of carboxylic acid groups (broad SMARTS) is 1. The van der Waals surface area contributed by atoms with Crippen LogP contribution < -0.4 is 0 Å². The van der Waals surface area contributed by atoms with Gasteiger partial charge in [0, 0.05) is 31.1 Å². The molecule has 2 aliphatic heterocycles. The average Bonchev–Trinajstić information content (AvgIpc) is 2.71. The number of fused-ring (bicyclic) bond motifs is 1. The summed E-state index contributed by atoms with van der Waals surface area (Å²) in [6, 6.07) is 6.65. The quantitative estimate of drug-likeness (QED) is 0.623.